The molecule has 144 valence electrons. The summed E-state index contributed by atoms with van der Waals surface area (Å²) in [7, 11) is 0. The van der Waals surface area contributed by atoms with E-state index >= 15 is 0 Å². The van der Waals surface area contributed by atoms with Crippen molar-refractivity contribution in [3.8, 4) is 0 Å². The Morgan fingerprint density at radius 2 is 1.56 bits per heavy atom. The first-order valence-electron chi connectivity index (χ1n) is 9.95. The fraction of sp³-hybridized carbons (Fsp3) is 0.435. The van der Waals surface area contributed by atoms with E-state index in [1.807, 2.05) is 0 Å². The third-order valence-corrected chi connectivity index (χ3v) is 5.66. The van der Waals surface area contributed by atoms with Gasteiger partial charge in [-0.1, -0.05) is 67.6 Å². The minimum absolute atomic E-state index is 0.151. The van der Waals surface area contributed by atoms with E-state index in [1.54, 1.807) is 0 Å². The zero-order valence-electron chi connectivity index (χ0n) is 16.1. The average Bonchev–Trinajstić information content (AvgIpc) is 2.72. The minimum atomic E-state index is -0.729. The molecule has 0 aliphatic carbocycles. The number of likely N-dealkylation sites (N-methyl/N-ethyl adjacent to an activating group) is 1. The molecule has 1 fully saturated rings. The Hall–Kier alpha value is -2.17. The van der Waals surface area contributed by atoms with Gasteiger partial charge in [0.15, 0.2) is 0 Å². The SMILES string of the molecule is CCN(CC(=O)O)C1CCN(CC(c2ccccc2)c2ccccc2)CC1. The van der Waals surface area contributed by atoms with Crippen LogP contribution in [0.25, 0.3) is 0 Å². The lowest BCUT2D eigenvalue weighted by molar-refractivity contribution is -0.139. The molecule has 0 amide bonds. The molecule has 3 rings (SSSR count). The van der Waals surface area contributed by atoms with Crippen LogP contribution in [0.4, 0.5) is 0 Å². The number of rotatable bonds is 8. The van der Waals surface area contributed by atoms with E-state index < -0.39 is 5.97 Å². The Labute approximate surface area is 162 Å². The van der Waals surface area contributed by atoms with Gasteiger partial charge in [0, 0.05) is 18.5 Å². The summed E-state index contributed by atoms with van der Waals surface area (Å²) >= 11 is 0. The molecule has 1 aliphatic rings. The van der Waals surface area contributed by atoms with Gasteiger partial charge >= 0.3 is 5.97 Å². The number of carbonyl (C=O) groups is 1. The Bertz CT molecular complexity index is 657. The molecule has 0 unspecified atom stereocenters. The van der Waals surface area contributed by atoms with Crippen LogP contribution in [0, 0.1) is 0 Å². The molecule has 2 aromatic rings. The number of aliphatic carboxylic acids is 1. The summed E-state index contributed by atoms with van der Waals surface area (Å²) in [5.41, 5.74) is 2.71. The van der Waals surface area contributed by atoms with Crippen molar-refractivity contribution in [2.24, 2.45) is 0 Å². The van der Waals surface area contributed by atoms with Crippen LogP contribution >= 0.6 is 0 Å². The van der Waals surface area contributed by atoms with Gasteiger partial charge in [-0.25, -0.2) is 0 Å². The number of hydrogen-bond donors (Lipinski definition) is 1. The first kappa shape index (κ1) is 19.6. The number of likely N-dealkylation sites (tertiary alicyclic amines) is 1. The van der Waals surface area contributed by atoms with Gasteiger partial charge in [0.25, 0.3) is 0 Å². The number of piperidine rings is 1. The number of carboxylic acid groups (broad SMARTS) is 1. The van der Waals surface area contributed by atoms with E-state index in [2.05, 4.69) is 77.4 Å². The van der Waals surface area contributed by atoms with Crippen LogP contribution in [0.1, 0.15) is 36.8 Å². The average molecular weight is 367 g/mol. The molecule has 1 saturated heterocycles. The molecule has 2 aromatic carbocycles. The van der Waals surface area contributed by atoms with Crippen LogP contribution in [0.2, 0.25) is 0 Å². The maximum absolute atomic E-state index is 11.1. The zero-order chi connectivity index (χ0) is 19.1. The lowest BCUT2D eigenvalue weighted by Crippen LogP contribution is -2.47. The molecule has 4 heteroatoms. The quantitative estimate of drug-likeness (QED) is 0.774. The van der Waals surface area contributed by atoms with Crippen LogP contribution < -0.4 is 0 Å². The van der Waals surface area contributed by atoms with E-state index in [0.29, 0.717) is 12.0 Å². The van der Waals surface area contributed by atoms with Gasteiger partial charge in [0.1, 0.15) is 0 Å². The predicted octanol–water partition coefficient (Wildman–Crippen LogP) is 3.69. The van der Waals surface area contributed by atoms with Gasteiger partial charge in [0.05, 0.1) is 6.54 Å². The highest BCUT2D eigenvalue weighted by atomic mass is 16.4. The molecule has 0 atom stereocenters. The molecule has 0 spiro atoms. The highest BCUT2D eigenvalue weighted by Crippen LogP contribution is 2.27. The first-order chi connectivity index (χ1) is 13.2. The predicted molar refractivity (Wildman–Crippen MR) is 109 cm³/mol. The summed E-state index contributed by atoms with van der Waals surface area (Å²) in [4.78, 5) is 15.7. The molecule has 4 nitrogen and oxygen atoms in total. The van der Waals surface area contributed by atoms with Crippen molar-refractivity contribution in [2.45, 2.75) is 31.7 Å². The summed E-state index contributed by atoms with van der Waals surface area (Å²) in [5.74, 6) is -0.363. The Morgan fingerprint density at radius 3 is 2.00 bits per heavy atom. The van der Waals surface area contributed by atoms with Crippen LogP contribution in [0.15, 0.2) is 60.7 Å². The molecule has 27 heavy (non-hydrogen) atoms. The molecule has 0 bridgehead atoms. The van der Waals surface area contributed by atoms with Gasteiger partial charge in [0.2, 0.25) is 0 Å². The largest absolute Gasteiger partial charge is 0.480 e. The fourth-order valence-corrected chi connectivity index (χ4v) is 4.17. The lowest BCUT2D eigenvalue weighted by Gasteiger charge is -2.38. The number of hydrogen-bond acceptors (Lipinski definition) is 3. The smallest absolute Gasteiger partial charge is 0.317 e. The molecule has 1 N–H and O–H groups in total. The monoisotopic (exact) mass is 366 g/mol. The van der Waals surface area contributed by atoms with Gasteiger partial charge in [-0.15, -0.1) is 0 Å². The van der Waals surface area contributed by atoms with Crippen LogP contribution in [-0.2, 0) is 4.79 Å². The summed E-state index contributed by atoms with van der Waals surface area (Å²) in [6, 6.07) is 21.8. The van der Waals surface area contributed by atoms with E-state index in [1.165, 1.54) is 11.1 Å². The maximum Gasteiger partial charge on any atom is 0.317 e. The van der Waals surface area contributed by atoms with E-state index in [0.717, 1.165) is 39.0 Å². The second-order valence-electron chi connectivity index (χ2n) is 7.36. The van der Waals surface area contributed by atoms with Crippen molar-refractivity contribution in [2.75, 3.05) is 32.7 Å². The third kappa shape index (κ3) is 5.41. The summed E-state index contributed by atoms with van der Waals surface area (Å²) in [6.45, 7) is 6.06. The Morgan fingerprint density at radius 1 is 1.04 bits per heavy atom. The van der Waals surface area contributed by atoms with Crippen LogP contribution in [-0.4, -0.2) is 59.6 Å². The highest BCUT2D eigenvalue weighted by molar-refractivity contribution is 5.69. The van der Waals surface area contributed by atoms with Crippen molar-refractivity contribution >= 4 is 5.97 Å². The Balaban J connectivity index is 1.65. The molecule has 1 heterocycles. The fourth-order valence-electron chi connectivity index (χ4n) is 4.17. The molecular weight excluding hydrogens is 336 g/mol. The van der Waals surface area contributed by atoms with Gasteiger partial charge in [-0.3, -0.25) is 9.69 Å². The normalized spacial score (nSPS) is 16.1. The van der Waals surface area contributed by atoms with Crippen molar-refractivity contribution in [3.05, 3.63) is 71.8 Å². The van der Waals surface area contributed by atoms with Crippen molar-refractivity contribution in [3.63, 3.8) is 0 Å². The first-order valence-corrected chi connectivity index (χ1v) is 9.95. The van der Waals surface area contributed by atoms with Crippen molar-refractivity contribution in [1.82, 2.24) is 9.80 Å². The molecule has 1 aliphatic heterocycles. The number of carboxylic acids is 1. The van der Waals surface area contributed by atoms with Gasteiger partial charge < -0.3 is 10.0 Å². The minimum Gasteiger partial charge on any atom is -0.480 e. The van der Waals surface area contributed by atoms with Crippen molar-refractivity contribution in [1.29, 1.82) is 0 Å². The van der Waals surface area contributed by atoms with E-state index in [-0.39, 0.29) is 6.54 Å². The number of benzene rings is 2. The van der Waals surface area contributed by atoms with Crippen LogP contribution in [0.3, 0.4) is 0 Å². The number of nitrogens with zero attached hydrogens (tertiary/aromatic N) is 2. The Kier molecular flexibility index (Phi) is 7.02. The standard InChI is InChI=1S/C23H30N2O2/c1-2-25(18-23(26)27)21-13-15-24(16-14-21)17-22(19-9-5-3-6-10-19)20-11-7-4-8-12-20/h3-12,21-22H,2,13-18H2,1H3,(H,26,27). The summed E-state index contributed by atoms with van der Waals surface area (Å²) in [6.07, 6.45) is 2.08. The maximum atomic E-state index is 11.1. The van der Waals surface area contributed by atoms with E-state index in [4.69, 9.17) is 5.11 Å². The molecule has 0 radical (unpaired) electrons. The highest BCUT2D eigenvalue weighted by Gasteiger charge is 2.27. The second-order valence-corrected chi connectivity index (χ2v) is 7.36. The summed E-state index contributed by atoms with van der Waals surface area (Å²) in [5, 5.41) is 9.12. The lowest BCUT2D eigenvalue weighted by atomic mass is 9.90. The van der Waals surface area contributed by atoms with Gasteiger partial charge in [-0.2, -0.15) is 0 Å². The summed E-state index contributed by atoms with van der Waals surface area (Å²) < 4.78 is 0. The van der Waals surface area contributed by atoms with E-state index in [9.17, 15) is 4.79 Å². The van der Waals surface area contributed by atoms with Gasteiger partial charge in [-0.05, 0) is 43.6 Å². The third-order valence-electron chi connectivity index (χ3n) is 5.66. The molecular formula is C23H30N2O2. The second kappa shape index (κ2) is 9.67. The zero-order valence-corrected chi connectivity index (χ0v) is 16.1. The van der Waals surface area contributed by atoms with Crippen molar-refractivity contribution < 1.29 is 9.90 Å². The molecule has 0 saturated carbocycles. The van der Waals surface area contributed by atoms with Crippen LogP contribution in [0.5, 0.6) is 0 Å². The molecule has 0 aromatic heterocycles. The topological polar surface area (TPSA) is 43.8 Å².